The van der Waals surface area contributed by atoms with Crippen LogP contribution in [0.5, 0.6) is 0 Å². The Balaban J connectivity index is 2.74. The van der Waals surface area contributed by atoms with Crippen molar-refractivity contribution >= 4 is 17.6 Å². The highest BCUT2D eigenvalue weighted by atomic mass is 16.4. The molecule has 7 heteroatoms. The maximum Gasteiger partial charge on any atom is 0.354 e. The Bertz CT molecular complexity index is 604. The zero-order valence-electron chi connectivity index (χ0n) is 8.44. The Morgan fingerprint density at radius 3 is 2.59 bits per heavy atom. The van der Waals surface area contributed by atoms with E-state index in [2.05, 4.69) is 4.98 Å². The molecule has 2 heterocycles. The van der Waals surface area contributed by atoms with Gasteiger partial charge in [0.15, 0.2) is 11.8 Å². The van der Waals surface area contributed by atoms with Crippen LogP contribution in [0.25, 0.3) is 5.65 Å². The van der Waals surface area contributed by atoms with Gasteiger partial charge in [0.25, 0.3) is 0 Å². The molecule has 0 fully saturated rings. The van der Waals surface area contributed by atoms with Gasteiger partial charge >= 0.3 is 11.9 Å². The van der Waals surface area contributed by atoms with Gasteiger partial charge in [0.05, 0.1) is 11.9 Å². The van der Waals surface area contributed by atoms with Crippen LogP contribution in [0.1, 0.15) is 22.3 Å². The zero-order valence-corrected chi connectivity index (χ0v) is 8.44. The first-order chi connectivity index (χ1) is 8.02. The van der Waals surface area contributed by atoms with Crippen LogP contribution < -0.4 is 0 Å². The molecule has 7 nitrogen and oxygen atoms in total. The lowest BCUT2D eigenvalue weighted by molar-refractivity contribution is -0.147. The highest BCUT2D eigenvalue weighted by Gasteiger charge is 2.22. The Hall–Kier alpha value is -2.41. The number of aliphatic carboxylic acids is 1. The first-order valence-corrected chi connectivity index (χ1v) is 4.63. The number of aromatic nitrogens is 2. The lowest BCUT2D eigenvalue weighted by atomic mass is 10.2. The van der Waals surface area contributed by atoms with Crippen molar-refractivity contribution in [3.8, 4) is 0 Å². The molecule has 2 aromatic rings. The first kappa shape index (κ1) is 11.1. The zero-order chi connectivity index (χ0) is 12.6. The van der Waals surface area contributed by atoms with Crippen LogP contribution in [0.4, 0.5) is 0 Å². The van der Waals surface area contributed by atoms with E-state index in [0.29, 0.717) is 0 Å². The lowest BCUT2D eigenvalue weighted by Gasteiger charge is -2.09. The van der Waals surface area contributed by atoms with Crippen LogP contribution in [-0.4, -0.2) is 36.6 Å². The van der Waals surface area contributed by atoms with Crippen molar-refractivity contribution in [3.05, 3.63) is 35.8 Å². The van der Waals surface area contributed by atoms with E-state index < -0.39 is 18.0 Å². The van der Waals surface area contributed by atoms with Crippen molar-refractivity contribution in [2.45, 2.75) is 6.10 Å². The average Bonchev–Trinajstić information content (AvgIpc) is 2.71. The smallest absolute Gasteiger partial charge is 0.354 e. The van der Waals surface area contributed by atoms with Gasteiger partial charge < -0.3 is 15.3 Å². The third-order valence-electron chi connectivity index (χ3n) is 2.29. The minimum atomic E-state index is -1.80. The highest BCUT2D eigenvalue weighted by Crippen LogP contribution is 2.17. The van der Waals surface area contributed by atoms with Gasteiger partial charge in [-0.25, -0.2) is 14.6 Å². The number of pyridine rings is 1. The number of aromatic carboxylic acids is 1. The second-order valence-corrected chi connectivity index (χ2v) is 3.33. The number of rotatable bonds is 3. The fourth-order valence-electron chi connectivity index (χ4n) is 1.55. The lowest BCUT2D eigenvalue weighted by Crippen LogP contribution is -2.16. The summed E-state index contributed by atoms with van der Waals surface area (Å²) in [5.41, 5.74) is 0.0148. The van der Waals surface area contributed by atoms with Gasteiger partial charge in [0, 0.05) is 0 Å². The average molecular weight is 236 g/mol. The topological polar surface area (TPSA) is 112 Å². The molecule has 0 saturated heterocycles. The van der Waals surface area contributed by atoms with Gasteiger partial charge in [-0.3, -0.25) is 4.40 Å². The first-order valence-electron chi connectivity index (χ1n) is 4.63. The molecular weight excluding hydrogens is 228 g/mol. The van der Waals surface area contributed by atoms with E-state index in [1.54, 1.807) is 0 Å². The van der Waals surface area contributed by atoms with Crippen LogP contribution in [-0.2, 0) is 4.79 Å². The summed E-state index contributed by atoms with van der Waals surface area (Å²) >= 11 is 0. The maximum atomic E-state index is 10.9. The van der Waals surface area contributed by atoms with Gasteiger partial charge in [-0.2, -0.15) is 0 Å². The predicted octanol–water partition coefficient (Wildman–Crippen LogP) is 0.150. The molecule has 3 N–H and O–H groups in total. The molecule has 2 aromatic heterocycles. The molecule has 0 aromatic carbocycles. The minimum absolute atomic E-state index is 0.0510. The van der Waals surface area contributed by atoms with Crippen molar-refractivity contribution in [1.82, 2.24) is 9.38 Å². The summed E-state index contributed by atoms with van der Waals surface area (Å²) in [6, 6.07) is 4.35. The van der Waals surface area contributed by atoms with Crippen molar-refractivity contribution in [2.24, 2.45) is 0 Å². The molecule has 0 aliphatic heterocycles. The molecule has 0 aliphatic rings. The van der Waals surface area contributed by atoms with Crippen molar-refractivity contribution < 1.29 is 24.9 Å². The normalized spacial score (nSPS) is 12.5. The van der Waals surface area contributed by atoms with E-state index in [9.17, 15) is 14.7 Å². The molecule has 17 heavy (non-hydrogen) atoms. The summed E-state index contributed by atoms with van der Waals surface area (Å²) < 4.78 is 1.10. The molecule has 0 bridgehead atoms. The number of fused-ring (bicyclic) bond motifs is 1. The number of carboxylic acid groups (broad SMARTS) is 2. The number of carbonyl (C=O) groups is 2. The second kappa shape index (κ2) is 3.87. The summed E-state index contributed by atoms with van der Waals surface area (Å²) in [7, 11) is 0. The monoisotopic (exact) mass is 236 g/mol. The fraction of sp³-hybridized carbons (Fsp3) is 0.100. The van der Waals surface area contributed by atoms with Gasteiger partial charge in [-0.05, 0) is 12.1 Å². The van der Waals surface area contributed by atoms with Crippen molar-refractivity contribution in [3.63, 3.8) is 0 Å². The van der Waals surface area contributed by atoms with Crippen LogP contribution >= 0.6 is 0 Å². The predicted molar refractivity (Wildman–Crippen MR) is 54.7 cm³/mol. The number of nitrogens with zero attached hydrogens (tertiary/aromatic N) is 2. The van der Waals surface area contributed by atoms with E-state index >= 15 is 0 Å². The Kier molecular flexibility index (Phi) is 2.52. The Labute approximate surface area is 94.6 Å². The molecule has 0 amide bonds. The number of hydrogen-bond donors (Lipinski definition) is 3. The summed E-state index contributed by atoms with van der Waals surface area (Å²) in [4.78, 5) is 25.5. The van der Waals surface area contributed by atoms with Gasteiger partial charge in [-0.1, -0.05) is 6.07 Å². The number of aliphatic hydroxyl groups excluding tert-OH is 1. The maximum absolute atomic E-state index is 10.9. The van der Waals surface area contributed by atoms with E-state index in [1.807, 2.05) is 0 Å². The Morgan fingerprint density at radius 1 is 1.29 bits per heavy atom. The summed E-state index contributed by atoms with van der Waals surface area (Å²) in [5.74, 6) is -2.70. The molecule has 1 unspecified atom stereocenters. The number of carboxylic acids is 2. The molecule has 88 valence electrons. The van der Waals surface area contributed by atoms with Gasteiger partial charge in [0.1, 0.15) is 5.65 Å². The van der Waals surface area contributed by atoms with Gasteiger partial charge in [-0.15, -0.1) is 0 Å². The van der Waals surface area contributed by atoms with E-state index in [1.165, 1.54) is 18.2 Å². The number of aliphatic hydroxyl groups is 1. The standard InChI is InChI=1S/C10H8N2O5/c13-8(10(16)17)5-2-1-3-7-11-4-6(9(14)15)12(5)7/h1-4,8,13H,(H,14,15)(H,16,17). The third-order valence-corrected chi connectivity index (χ3v) is 2.29. The summed E-state index contributed by atoms with van der Waals surface area (Å²) in [6.45, 7) is 0. The minimum Gasteiger partial charge on any atom is -0.479 e. The quantitative estimate of drug-likeness (QED) is 0.699. The molecule has 0 radical (unpaired) electrons. The second-order valence-electron chi connectivity index (χ2n) is 3.33. The molecule has 0 saturated carbocycles. The van der Waals surface area contributed by atoms with Crippen molar-refractivity contribution in [1.29, 1.82) is 0 Å². The molecule has 0 spiro atoms. The Morgan fingerprint density at radius 2 is 2.00 bits per heavy atom. The molecule has 0 aliphatic carbocycles. The van der Waals surface area contributed by atoms with E-state index in [-0.39, 0.29) is 17.0 Å². The number of imidazole rings is 1. The van der Waals surface area contributed by atoms with Gasteiger partial charge in [0.2, 0.25) is 0 Å². The molecule has 2 rings (SSSR count). The van der Waals surface area contributed by atoms with Crippen LogP contribution in [0, 0.1) is 0 Å². The van der Waals surface area contributed by atoms with Crippen LogP contribution in [0.15, 0.2) is 24.4 Å². The third kappa shape index (κ3) is 1.72. The number of hydrogen-bond acceptors (Lipinski definition) is 4. The largest absolute Gasteiger partial charge is 0.479 e. The van der Waals surface area contributed by atoms with Crippen molar-refractivity contribution in [2.75, 3.05) is 0 Å². The molecular formula is C10H8N2O5. The summed E-state index contributed by atoms with van der Waals surface area (Å²) in [5, 5.41) is 27.1. The summed E-state index contributed by atoms with van der Waals surface area (Å²) in [6.07, 6.45) is -0.693. The SMILES string of the molecule is O=C(O)c1cnc2cccc(C(O)C(=O)O)n12. The highest BCUT2D eigenvalue weighted by molar-refractivity contribution is 5.87. The van der Waals surface area contributed by atoms with E-state index in [0.717, 1.165) is 10.6 Å². The van der Waals surface area contributed by atoms with Crippen LogP contribution in [0.2, 0.25) is 0 Å². The van der Waals surface area contributed by atoms with Crippen LogP contribution in [0.3, 0.4) is 0 Å². The fourth-order valence-corrected chi connectivity index (χ4v) is 1.55. The molecule has 1 atom stereocenters. The van der Waals surface area contributed by atoms with E-state index in [4.69, 9.17) is 10.2 Å².